The summed E-state index contributed by atoms with van der Waals surface area (Å²) >= 11 is 11.9. The Hall–Kier alpha value is -1.22. The number of aliphatic hydroxyl groups is 1. The lowest BCUT2D eigenvalue weighted by atomic mass is 9.95. The maximum atomic E-state index is 12.9. The molecule has 2 amide bonds. The van der Waals surface area contributed by atoms with E-state index in [0.717, 1.165) is 25.0 Å². The van der Waals surface area contributed by atoms with Crippen molar-refractivity contribution in [2.75, 3.05) is 18.5 Å². The van der Waals surface area contributed by atoms with Crippen LogP contribution in [-0.4, -0.2) is 36.6 Å². The third-order valence-electron chi connectivity index (χ3n) is 3.91. The molecule has 1 saturated heterocycles. The highest BCUT2D eigenvalue weighted by Crippen LogP contribution is 2.42. The van der Waals surface area contributed by atoms with Gasteiger partial charge >= 0.3 is 12.2 Å². The Bertz CT molecular complexity index is 624. The highest BCUT2D eigenvalue weighted by Gasteiger charge is 2.51. The quantitative estimate of drug-likeness (QED) is 0.713. The molecule has 0 radical (unpaired) electrons. The fourth-order valence-corrected chi connectivity index (χ4v) is 2.89. The molecule has 0 aliphatic carbocycles. The van der Waals surface area contributed by atoms with Gasteiger partial charge in [0.1, 0.15) is 0 Å². The molecule has 5 nitrogen and oxygen atoms in total. The van der Waals surface area contributed by atoms with Crippen LogP contribution in [0.5, 0.6) is 0 Å². The third-order valence-corrected chi connectivity index (χ3v) is 4.51. The van der Waals surface area contributed by atoms with Crippen molar-refractivity contribution >= 4 is 34.9 Å². The van der Waals surface area contributed by atoms with Crippen molar-refractivity contribution in [1.29, 1.82) is 0 Å². The standard InChI is InChI=1S/C15H17Cl2F3N2O3/c1-14(24,15(18,19)20)8-5-10(16)12(11(17)6-8)22-13(23)21-7-9-3-2-4-25-9/h5-6,9,24H,2-4,7H2,1H3,(H2,21,22,23)/t9-,14?/m1/s1. The number of hydrogen-bond donors (Lipinski definition) is 3. The number of amides is 2. The van der Waals surface area contributed by atoms with Gasteiger partial charge in [-0.05, 0) is 37.5 Å². The normalized spacial score (nSPS) is 20.2. The first-order chi connectivity index (χ1) is 11.5. The van der Waals surface area contributed by atoms with Crippen molar-refractivity contribution in [3.63, 3.8) is 0 Å². The van der Waals surface area contributed by atoms with Gasteiger partial charge < -0.3 is 20.5 Å². The van der Waals surface area contributed by atoms with Crippen LogP contribution in [0.4, 0.5) is 23.7 Å². The van der Waals surface area contributed by atoms with Gasteiger partial charge in [0.2, 0.25) is 0 Å². The summed E-state index contributed by atoms with van der Waals surface area (Å²) in [4.78, 5) is 11.9. The van der Waals surface area contributed by atoms with E-state index in [-0.39, 0.29) is 21.8 Å². The Morgan fingerprint density at radius 3 is 2.44 bits per heavy atom. The number of ether oxygens (including phenoxy) is 1. The SMILES string of the molecule is CC(O)(c1cc(Cl)c(NC(=O)NC[C@H]2CCCO2)c(Cl)c1)C(F)(F)F. The van der Waals surface area contributed by atoms with Crippen LogP contribution < -0.4 is 10.6 Å². The van der Waals surface area contributed by atoms with Crippen molar-refractivity contribution in [3.05, 3.63) is 27.7 Å². The van der Waals surface area contributed by atoms with Gasteiger partial charge in [-0.2, -0.15) is 13.2 Å². The number of nitrogens with one attached hydrogen (secondary N) is 2. The summed E-state index contributed by atoms with van der Waals surface area (Å²) in [5.74, 6) is 0. The minimum absolute atomic E-state index is 0.0464. The van der Waals surface area contributed by atoms with E-state index in [1.54, 1.807) is 0 Å². The van der Waals surface area contributed by atoms with E-state index in [1.165, 1.54) is 0 Å². The van der Waals surface area contributed by atoms with Gasteiger partial charge in [-0.15, -0.1) is 0 Å². The minimum Gasteiger partial charge on any atom is -0.376 e. The molecule has 0 spiro atoms. The zero-order valence-corrected chi connectivity index (χ0v) is 14.7. The maximum Gasteiger partial charge on any atom is 0.421 e. The Morgan fingerprint density at radius 1 is 1.36 bits per heavy atom. The molecule has 0 saturated carbocycles. The number of rotatable bonds is 4. The summed E-state index contributed by atoms with van der Waals surface area (Å²) in [6.45, 7) is 1.53. The third kappa shape index (κ3) is 4.69. The maximum absolute atomic E-state index is 12.9. The second-order valence-electron chi connectivity index (χ2n) is 5.85. The molecule has 25 heavy (non-hydrogen) atoms. The average Bonchev–Trinajstić information content (AvgIpc) is 3.00. The summed E-state index contributed by atoms with van der Waals surface area (Å²) in [6, 6.07) is 1.21. The fraction of sp³-hybridized carbons (Fsp3) is 0.533. The summed E-state index contributed by atoms with van der Waals surface area (Å²) in [7, 11) is 0. The molecule has 1 unspecified atom stereocenters. The zero-order valence-electron chi connectivity index (χ0n) is 13.2. The van der Waals surface area contributed by atoms with Gasteiger partial charge in [-0.3, -0.25) is 0 Å². The molecule has 1 fully saturated rings. The fourth-order valence-electron chi connectivity index (χ4n) is 2.31. The monoisotopic (exact) mass is 400 g/mol. The molecule has 0 aromatic heterocycles. The zero-order chi connectivity index (χ0) is 18.8. The second-order valence-corrected chi connectivity index (χ2v) is 6.67. The smallest absolute Gasteiger partial charge is 0.376 e. The van der Waals surface area contributed by atoms with Crippen LogP contribution in [0.25, 0.3) is 0 Å². The summed E-state index contributed by atoms with van der Waals surface area (Å²) < 4.78 is 44.1. The van der Waals surface area contributed by atoms with Crippen LogP contribution >= 0.6 is 23.2 Å². The Balaban J connectivity index is 2.10. The molecule has 1 heterocycles. The number of hydrogen-bond acceptors (Lipinski definition) is 3. The van der Waals surface area contributed by atoms with Gasteiger partial charge in [-0.1, -0.05) is 23.2 Å². The van der Waals surface area contributed by atoms with E-state index >= 15 is 0 Å². The molecule has 2 atom stereocenters. The molecule has 1 aliphatic heterocycles. The number of anilines is 1. The number of carbonyl (C=O) groups excluding carboxylic acids is 1. The van der Waals surface area contributed by atoms with Crippen LogP contribution in [0.2, 0.25) is 10.0 Å². The Morgan fingerprint density at radius 2 is 1.96 bits per heavy atom. The first kappa shape index (κ1) is 20.1. The molecular formula is C15H17Cl2F3N2O3. The van der Waals surface area contributed by atoms with Crippen LogP contribution in [-0.2, 0) is 10.3 Å². The average molecular weight is 401 g/mol. The van der Waals surface area contributed by atoms with Crippen LogP contribution in [0.15, 0.2) is 12.1 Å². The first-order valence-electron chi connectivity index (χ1n) is 7.47. The number of urea groups is 1. The van der Waals surface area contributed by atoms with Gasteiger partial charge in [0, 0.05) is 13.2 Å². The van der Waals surface area contributed by atoms with Gasteiger partial charge in [-0.25, -0.2) is 4.79 Å². The predicted molar refractivity (Wildman–Crippen MR) is 88.1 cm³/mol. The number of halogens is 5. The van der Waals surface area contributed by atoms with Crippen molar-refractivity contribution in [2.24, 2.45) is 0 Å². The van der Waals surface area contributed by atoms with Gasteiger partial charge in [0.05, 0.1) is 21.8 Å². The summed E-state index contributed by atoms with van der Waals surface area (Å²) in [5, 5.41) is 14.2. The Labute approximate surface area is 152 Å². The topological polar surface area (TPSA) is 70.6 Å². The second kappa shape index (κ2) is 7.57. The lowest BCUT2D eigenvalue weighted by Gasteiger charge is -2.27. The van der Waals surface area contributed by atoms with Crippen LogP contribution in [0.3, 0.4) is 0 Å². The highest BCUT2D eigenvalue weighted by atomic mass is 35.5. The number of benzene rings is 1. The number of carbonyl (C=O) groups is 1. The molecule has 140 valence electrons. The highest BCUT2D eigenvalue weighted by molar-refractivity contribution is 6.39. The van der Waals surface area contributed by atoms with Gasteiger partial charge in [0.15, 0.2) is 5.60 Å². The molecule has 3 N–H and O–H groups in total. The predicted octanol–water partition coefficient (Wildman–Crippen LogP) is 4.06. The first-order valence-corrected chi connectivity index (χ1v) is 8.23. The lowest BCUT2D eigenvalue weighted by molar-refractivity contribution is -0.258. The number of alkyl halides is 3. The lowest BCUT2D eigenvalue weighted by Crippen LogP contribution is -2.39. The molecule has 0 bridgehead atoms. The van der Waals surface area contributed by atoms with E-state index in [2.05, 4.69) is 10.6 Å². The Kier molecular flexibility index (Phi) is 6.09. The van der Waals surface area contributed by atoms with E-state index < -0.39 is 23.4 Å². The van der Waals surface area contributed by atoms with E-state index in [9.17, 15) is 23.1 Å². The molecule has 1 aromatic carbocycles. The molecule has 1 aromatic rings. The molecular weight excluding hydrogens is 384 g/mol. The van der Waals surface area contributed by atoms with E-state index in [0.29, 0.717) is 20.1 Å². The molecule has 10 heteroatoms. The van der Waals surface area contributed by atoms with Crippen molar-refractivity contribution in [3.8, 4) is 0 Å². The summed E-state index contributed by atoms with van der Waals surface area (Å²) in [5.41, 5.74) is -3.70. The van der Waals surface area contributed by atoms with Crippen molar-refractivity contribution in [2.45, 2.75) is 37.6 Å². The molecule has 2 rings (SSSR count). The van der Waals surface area contributed by atoms with Crippen LogP contribution in [0.1, 0.15) is 25.3 Å². The van der Waals surface area contributed by atoms with E-state index in [4.69, 9.17) is 27.9 Å². The van der Waals surface area contributed by atoms with Crippen molar-refractivity contribution in [1.82, 2.24) is 5.32 Å². The summed E-state index contributed by atoms with van der Waals surface area (Å²) in [6.07, 6.45) is -3.22. The van der Waals surface area contributed by atoms with Crippen molar-refractivity contribution < 1.29 is 27.8 Å². The van der Waals surface area contributed by atoms with E-state index in [1.807, 2.05) is 0 Å². The van der Waals surface area contributed by atoms with Crippen LogP contribution in [0, 0.1) is 0 Å². The molecule has 1 aliphatic rings. The minimum atomic E-state index is -4.91. The largest absolute Gasteiger partial charge is 0.421 e. The van der Waals surface area contributed by atoms with Gasteiger partial charge in [0.25, 0.3) is 0 Å².